The van der Waals surface area contributed by atoms with Crippen molar-refractivity contribution in [1.82, 2.24) is 34.7 Å². The van der Waals surface area contributed by atoms with Gasteiger partial charge in [0.15, 0.2) is 10.8 Å². The molecular formula is C26H29N11O10S2. The van der Waals surface area contributed by atoms with E-state index in [2.05, 4.69) is 35.8 Å². The number of carboxylic acids is 1. The lowest BCUT2D eigenvalue weighted by Gasteiger charge is -2.43. The number of hydrogen-bond acceptors (Lipinski definition) is 16. The Bertz CT molecular complexity index is 1920. The van der Waals surface area contributed by atoms with Gasteiger partial charge in [-0.25, -0.2) is 19.1 Å². The molecule has 2 aromatic heterocycles. The average molecular weight is 720 g/mol. The number of carboxylic acid groups (broad SMARTS) is 1. The molecule has 4 heterocycles. The number of β-lactam (4-membered cyclic amide) rings is 1. The summed E-state index contributed by atoms with van der Waals surface area (Å²) < 4.78 is 40.2. The van der Waals surface area contributed by atoms with Gasteiger partial charge in [-0.3, -0.25) is 23.8 Å². The van der Waals surface area contributed by atoms with Gasteiger partial charge < -0.3 is 41.9 Å². The van der Waals surface area contributed by atoms with Gasteiger partial charge in [0, 0.05) is 30.0 Å². The van der Waals surface area contributed by atoms with Crippen LogP contribution in [0.15, 0.2) is 52.4 Å². The van der Waals surface area contributed by atoms with E-state index in [1.165, 1.54) is 28.5 Å². The SMILES string of the molecule is NC(=N[C@H]1[C@@H]2CNC[C@@]21O)c1ccc(OC[C@H](O/N=C(\C(=O)N[C@@H]2C(=O)N(S(=O)(=O)O)[C@@H]2Cn2cncn2)c2csc(N)n2)C(=O)O)cc1. The van der Waals surface area contributed by atoms with Crippen molar-refractivity contribution >= 4 is 56.1 Å². The van der Waals surface area contributed by atoms with Gasteiger partial charge in [0.25, 0.3) is 17.9 Å². The number of nitrogens with zero attached hydrogens (tertiary/aromatic N) is 7. The predicted molar refractivity (Wildman–Crippen MR) is 167 cm³/mol. The number of fused-ring (bicyclic) bond motifs is 1. The van der Waals surface area contributed by atoms with Crippen LogP contribution in [0.4, 0.5) is 5.13 Å². The van der Waals surface area contributed by atoms with Crippen molar-refractivity contribution in [2.45, 2.75) is 36.4 Å². The maximum atomic E-state index is 13.4. The monoisotopic (exact) mass is 719 g/mol. The lowest BCUT2D eigenvalue weighted by Crippen LogP contribution is -2.73. The number of aromatic nitrogens is 4. The maximum Gasteiger partial charge on any atom is 0.362 e. The number of amides is 2. The highest BCUT2D eigenvalue weighted by Gasteiger charge is 2.67. The summed E-state index contributed by atoms with van der Waals surface area (Å²) in [6.45, 7) is 0.273. The first-order chi connectivity index (χ1) is 23.3. The number of β-amino-alcohol motifs (C(OH)–C–C–N with tert-alkyl or cyclic N) is 1. The Morgan fingerprint density at radius 3 is 2.63 bits per heavy atom. The summed E-state index contributed by atoms with van der Waals surface area (Å²) in [5.74, 6) is -3.25. The molecule has 1 aliphatic carbocycles. The zero-order chi connectivity index (χ0) is 35.1. The van der Waals surface area contributed by atoms with E-state index >= 15 is 0 Å². The second-order valence-corrected chi connectivity index (χ2v) is 13.4. The Labute approximate surface area is 280 Å². The van der Waals surface area contributed by atoms with Crippen molar-refractivity contribution in [2.75, 3.05) is 25.4 Å². The van der Waals surface area contributed by atoms with Crippen LogP contribution in [0.1, 0.15) is 11.3 Å². The molecule has 0 bridgehead atoms. The molecule has 2 saturated heterocycles. The molecule has 2 aliphatic heterocycles. The van der Waals surface area contributed by atoms with Crippen LogP contribution in [-0.4, -0.2) is 126 Å². The molecule has 0 spiro atoms. The fourth-order valence-corrected chi connectivity index (χ4v) is 6.91. The molecule has 23 heteroatoms. The fraction of sp³-hybridized carbons (Fsp3) is 0.385. The highest BCUT2D eigenvalue weighted by molar-refractivity contribution is 7.84. The normalized spacial score (nSPS) is 25.7. The van der Waals surface area contributed by atoms with Crippen molar-refractivity contribution in [3.63, 3.8) is 0 Å². The summed E-state index contributed by atoms with van der Waals surface area (Å²) in [6.07, 6.45) is 0.652. The van der Waals surface area contributed by atoms with E-state index in [1.807, 2.05) is 0 Å². The molecule has 9 N–H and O–H groups in total. The zero-order valence-electron chi connectivity index (χ0n) is 25.1. The van der Waals surface area contributed by atoms with E-state index in [0.717, 1.165) is 17.7 Å². The third-order valence-corrected chi connectivity index (χ3v) is 9.72. The highest BCUT2D eigenvalue weighted by atomic mass is 32.2. The number of aliphatic imine (C=N–C) groups is 1. The Morgan fingerprint density at radius 2 is 2.04 bits per heavy atom. The Balaban J connectivity index is 1.13. The first-order valence-corrected chi connectivity index (χ1v) is 16.7. The summed E-state index contributed by atoms with van der Waals surface area (Å²) >= 11 is 0.929. The third-order valence-electron chi connectivity index (χ3n) is 8.10. The molecule has 21 nitrogen and oxygen atoms in total. The van der Waals surface area contributed by atoms with E-state index in [-0.39, 0.29) is 45.2 Å². The molecule has 0 unspecified atom stereocenters. The number of hydrogen-bond donors (Lipinski definition) is 7. The van der Waals surface area contributed by atoms with Crippen LogP contribution >= 0.6 is 11.3 Å². The predicted octanol–water partition coefficient (Wildman–Crippen LogP) is -3.19. The minimum atomic E-state index is -4.99. The van der Waals surface area contributed by atoms with E-state index in [0.29, 0.717) is 18.7 Å². The molecule has 0 radical (unpaired) electrons. The van der Waals surface area contributed by atoms with E-state index in [4.69, 9.17) is 21.0 Å². The molecule has 1 aromatic carbocycles. The van der Waals surface area contributed by atoms with Gasteiger partial charge in [-0.1, -0.05) is 5.16 Å². The lowest BCUT2D eigenvalue weighted by atomic mass is 9.98. The number of amidine groups is 1. The van der Waals surface area contributed by atoms with Gasteiger partial charge in [-0.05, 0) is 24.3 Å². The van der Waals surface area contributed by atoms with E-state index in [1.54, 1.807) is 12.1 Å². The zero-order valence-corrected chi connectivity index (χ0v) is 26.7. The standard InChI is InChI=1S/C26H29N11O10S2/c27-21(34-20-14-5-29-9-26(14,20)42)12-1-3-13(4-2-12)46-7-17(24(40)41)47-35-18(15-8-48-25(28)32-15)22(38)33-19-16(6-36-11-30-10-31-36)37(23(19)39)49(43,44)45/h1-4,8,10-11,14,16-17,19-20,29,42H,5-7,9H2,(H2,27,34)(H2,28,32)(H,33,38)(H,40,41)(H,43,44,45)/b35-18-/t14-,16+,17-,19-,20-,26+/m0/s1. The molecule has 3 aromatic rings. The van der Waals surface area contributed by atoms with Gasteiger partial charge in [0.2, 0.25) is 0 Å². The number of nitrogens with one attached hydrogen (secondary N) is 2. The second kappa shape index (κ2) is 13.0. The molecule has 3 fully saturated rings. The lowest BCUT2D eigenvalue weighted by molar-refractivity contribution is -0.152. The van der Waals surface area contributed by atoms with Crippen molar-refractivity contribution in [1.29, 1.82) is 0 Å². The van der Waals surface area contributed by atoms with Gasteiger partial charge in [-0.2, -0.15) is 13.5 Å². The smallest absolute Gasteiger partial charge is 0.362 e. The second-order valence-electron chi connectivity index (χ2n) is 11.2. The van der Waals surface area contributed by atoms with Crippen molar-refractivity contribution in [2.24, 2.45) is 21.8 Å². The summed E-state index contributed by atoms with van der Waals surface area (Å²) in [5.41, 5.74) is 10.8. The molecule has 2 amide bonds. The number of aliphatic carboxylic acids is 1. The molecule has 49 heavy (non-hydrogen) atoms. The number of thiazole rings is 1. The number of ether oxygens (including phenoxy) is 1. The summed E-state index contributed by atoms with van der Waals surface area (Å²) in [4.78, 5) is 55.4. The van der Waals surface area contributed by atoms with E-state index in [9.17, 15) is 37.6 Å². The number of nitrogens with two attached hydrogens (primary N) is 2. The molecule has 1 saturated carbocycles. The molecular weight excluding hydrogens is 690 g/mol. The average Bonchev–Trinajstić information content (AvgIpc) is 3.61. The van der Waals surface area contributed by atoms with Gasteiger partial charge in [0.1, 0.15) is 48.2 Å². The minimum absolute atomic E-state index is 0.0159. The highest BCUT2D eigenvalue weighted by Crippen LogP contribution is 2.48. The van der Waals surface area contributed by atoms with Crippen LogP contribution in [-0.2, 0) is 36.1 Å². The Hall–Kier alpha value is -5.23. The minimum Gasteiger partial charge on any atom is -0.489 e. The number of carbonyl (C=O) groups excluding carboxylic acids is 2. The molecule has 260 valence electrons. The largest absolute Gasteiger partial charge is 0.489 e. The van der Waals surface area contributed by atoms with Crippen LogP contribution in [0.3, 0.4) is 0 Å². The number of anilines is 1. The van der Waals surface area contributed by atoms with Gasteiger partial charge in [0.05, 0.1) is 18.6 Å². The van der Waals surface area contributed by atoms with E-state index < -0.39 is 64.2 Å². The van der Waals surface area contributed by atoms with Crippen LogP contribution in [0.25, 0.3) is 0 Å². The summed E-state index contributed by atoms with van der Waals surface area (Å²) in [7, 11) is -4.99. The number of rotatable bonds is 14. The van der Waals surface area contributed by atoms with Crippen molar-refractivity contribution < 1.29 is 47.1 Å². The number of nitrogen functional groups attached to an aromatic ring is 1. The third kappa shape index (κ3) is 6.86. The number of oxime groups is 1. The summed E-state index contributed by atoms with van der Waals surface area (Å²) in [6, 6.07) is 3.21. The van der Waals surface area contributed by atoms with Crippen LogP contribution in [0.5, 0.6) is 5.75 Å². The van der Waals surface area contributed by atoms with Crippen molar-refractivity contribution in [3.05, 3.63) is 53.6 Å². The fourth-order valence-electron chi connectivity index (χ4n) is 5.49. The molecule has 6 rings (SSSR count). The number of carbonyl (C=O) groups is 3. The molecule has 6 atom stereocenters. The quantitative estimate of drug-likeness (QED) is 0.0284. The Kier molecular flexibility index (Phi) is 8.93. The Morgan fingerprint density at radius 1 is 1.29 bits per heavy atom. The first-order valence-electron chi connectivity index (χ1n) is 14.4. The van der Waals surface area contributed by atoms with Crippen LogP contribution in [0, 0.1) is 5.92 Å². The topological polar surface area (TPSA) is 312 Å². The van der Waals surface area contributed by atoms with Crippen LogP contribution < -0.4 is 26.8 Å². The summed E-state index contributed by atoms with van der Waals surface area (Å²) in [5, 5.41) is 34.5. The molecule has 3 aliphatic rings. The van der Waals surface area contributed by atoms with Crippen LogP contribution in [0.2, 0.25) is 0 Å². The first kappa shape index (κ1) is 33.7. The number of aliphatic hydroxyl groups is 1. The number of piperidine rings is 1. The van der Waals surface area contributed by atoms with Gasteiger partial charge in [-0.15, -0.1) is 11.3 Å². The van der Waals surface area contributed by atoms with Gasteiger partial charge >= 0.3 is 16.3 Å². The number of benzene rings is 1. The maximum absolute atomic E-state index is 13.4. The van der Waals surface area contributed by atoms with Crippen molar-refractivity contribution in [3.8, 4) is 5.75 Å².